The van der Waals surface area contributed by atoms with E-state index in [-0.39, 0.29) is 10.8 Å². The highest BCUT2D eigenvalue weighted by Gasteiger charge is 2.38. The van der Waals surface area contributed by atoms with Crippen LogP contribution < -0.4 is 0 Å². The Hall–Kier alpha value is -6.76. The molecular weight excluding hydrogens is 697 g/mol. The van der Waals surface area contributed by atoms with Gasteiger partial charge in [-0.1, -0.05) is 191 Å². The average molecular weight is 739 g/mol. The lowest BCUT2D eigenvalue weighted by Gasteiger charge is -2.24. The second-order valence-corrected chi connectivity index (χ2v) is 17.6. The van der Waals surface area contributed by atoms with Crippen molar-refractivity contribution < 1.29 is 0 Å². The van der Waals surface area contributed by atoms with Gasteiger partial charge in [0.15, 0.2) is 0 Å². The molecule has 0 saturated carbocycles. The van der Waals surface area contributed by atoms with E-state index in [2.05, 4.69) is 210 Å². The highest BCUT2D eigenvalue weighted by molar-refractivity contribution is 6.23. The van der Waals surface area contributed by atoms with Crippen LogP contribution in [0.2, 0.25) is 0 Å². The van der Waals surface area contributed by atoms with Crippen LogP contribution in [0.3, 0.4) is 0 Å². The van der Waals surface area contributed by atoms with Crippen molar-refractivity contribution in [1.82, 2.24) is 0 Å². The molecule has 10 aromatic carbocycles. The maximum Gasteiger partial charge on any atom is 0.0159 e. The Morgan fingerprint density at radius 2 is 0.724 bits per heavy atom. The first-order valence-corrected chi connectivity index (χ1v) is 20.7. The Balaban J connectivity index is 0.999. The molecule has 0 bridgehead atoms. The van der Waals surface area contributed by atoms with Crippen LogP contribution in [-0.4, -0.2) is 0 Å². The van der Waals surface area contributed by atoms with E-state index in [0.29, 0.717) is 0 Å². The lowest BCUT2D eigenvalue weighted by Crippen LogP contribution is -2.15. The van der Waals surface area contributed by atoms with Crippen LogP contribution in [0, 0.1) is 0 Å². The van der Waals surface area contributed by atoms with Gasteiger partial charge in [0, 0.05) is 10.8 Å². The third kappa shape index (κ3) is 4.52. The summed E-state index contributed by atoms with van der Waals surface area (Å²) in [6.07, 6.45) is 0. The molecule has 0 aliphatic heterocycles. The van der Waals surface area contributed by atoms with Crippen LogP contribution in [0.1, 0.15) is 49.9 Å². The van der Waals surface area contributed by atoms with Gasteiger partial charge in [-0.3, -0.25) is 0 Å². The number of rotatable bonds is 3. The van der Waals surface area contributed by atoms with Gasteiger partial charge < -0.3 is 0 Å². The normalized spacial score (nSPS) is 14.5. The minimum atomic E-state index is -0.174. The van der Waals surface area contributed by atoms with Gasteiger partial charge in [-0.25, -0.2) is 0 Å². The summed E-state index contributed by atoms with van der Waals surface area (Å²) in [5.41, 5.74) is 18.5. The molecule has 0 radical (unpaired) electrons. The van der Waals surface area contributed by atoms with Crippen molar-refractivity contribution in [2.75, 3.05) is 0 Å². The monoisotopic (exact) mass is 738 g/mol. The molecule has 58 heavy (non-hydrogen) atoms. The molecule has 12 rings (SSSR count). The topological polar surface area (TPSA) is 0 Å². The van der Waals surface area contributed by atoms with E-state index in [9.17, 15) is 0 Å². The molecule has 0 heteroatoms. The number of fused-ring (bicyclic) bond motifs is 11. The third-order valence-electron chi connectivity index (χ3n) is 13.9. The van der Waals surface area contributed by atoms with Gasteiger partial charge in [0.05, 0.1) is 0 Å². The zero-order chi connectivity index (χ0) is 38.9. The minimum absolute atomic E-state index is 0.0423. The second-order valence-electron chi connectivity index (χ2n) is 17.6. The van der Waals surface area contributed by atoms with Crippen molar-refractivity contribution in [2.24, 2.45) is 0 Å². The summed E-state index contributed by atoms with van der Waals surface area (Å²) < 4.78 is 0. The van der Waals surface area contributed by atoms with Crippen LogP contribution in [0.25, 0.3) is 98.7 Å². The van der Waals surface area contributed by atoms with E-state index in [1.54, 1.807) is 0 Å². The van der Waals surface area contributed by atoms with Crippen LogP contribution >= 0.6 is 0 Å². The molecular formula is C58H42. The summed E-state index contributed by atoms with van der Waals surface area (Å²) in [7, 11) is 0. The average Bonchev–Trinajstić information content (AvgIpc) is 3.63. The molecule has 0 amide bonds. The molecule has 0 nitrogen and oxygen atoms in total. The predicted molar refractivity (Wildman–Crippen MR) is 248 cm³/mol. The van der Waals surface area contributed by atoms with Crippen molar-refractivity contribution in [3.63, 3.8) is 0 Å². The minimum Gasteiger partial charge on any atom is -0.0616 e. The van der Waals surface area contributed by atoms with Crippen LogP contribution in [0.4, 0.5) is 0 Å². The zero-order valence-electron chi connectivity index (χ0n) is 33.3. The Labute approximate surface area is 340 Å². The van der Waals surface area contributed by atoms with Gasteiger partial charge in [-0.15, -0.1) is 0 Å². The smallest absolute Gasteiger partial charge is 0.0159 e. The number of hydrogen-bond acceptors (Lipinski definition) is 0. The summed E-state index contributed by atoms with van der Waals surface area (Å²) in [5.74, 6) is 0. The summed E-state index contributed by atoms with van der Waals surface area (Å²) >= 11 is 0. The van der Waals surface area contributed by atoms with Crippen molar-refractivity contribution >= 4 is 43.1 Å². The Bertz CT molecular complexity index is 3330. The summed E-state index contributed by atoms with van der Waals surface area (Å²) in [6, 6.07) is 68.7. The number of benzene rings is 10. The van der Waals surface area contributed by atoms with Crippen LogP contribution in [-0.2, 0) is 10.8 Å². The van der Waals surface area contributed by atoms with E-state index in [1.807, 2.05) is 0 Å². The quantitative estimate of drug-likeness (QED) is 0.158. The zero-order valence-corrected chi connectivity index (χ0v) is 33.3. The molecule has 0 unspecified atom stereocenters. The maximum absolute atomic E-state index is 2.50. The summed E-state index contributed by atoms with van der Waals surface area (Å²) in [5, 5.41) is 10.3. The van der Waals surface area contributed by atoms with E-state index >= 15 is 0 Å². The standard InChI is InChI=1S/C58H42/c1-57(2)50-30-27-37(32-49(50)56-41-18-8-6-15-36(41)26-31-51(56)57)38-24-28-42-43-29-25-39(34-53(43)58(3,4)52(42)33-38)54-45-19-9-11-21-47(45)55(48-22-12-10-20-46(48)54)44-23-13-16-35-14-5-7-17-40(35)44/h5-34H,1-4H3. The van der Waals surface area contributed by atoms with Gasteiger partial charge in [-0.2, -0.15) is 0 Å². The second kappa shape index (κ2) is 11.9. The molecule has 0 aromatic heterocycles. The molecule has 0 heterocycles. The fourth-order valence-corrected chi connectivity index (χ4v) is 10.9. The van der Waals surface area contributed by atoms with Crippen molar-refractivity contribution in [3.8, 4) is 55.6 Å². The molecule has 0 N–H and O–H groups in total. The first-order chi connectivity index (χ1) is 28.3. The molecule has 10 aromatic rings. The van der Waals surface area contributed by atoms with E-state index in [4.69, 9.17) is 0 Å². The third-order valence-corrected chi connectivity index (χ3v) is 13.9. The maximum atomic E-state index is 2.50. The molecule has 0 spiro atoms. The largest absolute Gasteiger partial charge is 0.0616 e. The Kier molecular flexibility index (Phi) is 6.84. The van der Waals surface area contributed by atoms with Gasteiger partial charge in [0.2, 0.25) is 0 Å². The van der Waals surface area contributed by atoms with E-state index < -0.39 is 0 Å². The molecule has 0 atom stereocenters. The molecule has 2 aliphatic rings. The summed E-state index contributed by atoms with van der Waals surface area (Å²) in [6.45, 7) is 9.58. The van der Waals surface area contributed by atoms with Crippen molar-refractivity contribution in [3.05, 3.63) is 204 Å². The number of hydrogen-bond donors (Lipinski definition) is 0. The van der Waals surface area contributed by atoms with Crippen molar-refractivity contribution in [2.45, 2.75) is 38.5 Å². The first kappa shape index (κ1) is 33.4. The fraction of sp³-hybridized carbons (Fsp3) is 0.103. The molecule has 0 saturated heterocycles. The molecule has 0 fully saturated rings. The molecule has 2 aliphatic carbocycles. The molecule has 274 valence electrons. The van der Waals surface area contributed by atoms with Gasteiger partial charge >= 0.3 is 0 Å². The van der Waals surface area contributed by atoms with Crippen molar-refractivity contribution in [1.29, 1.82) is 0 Å². The Morgan fingerprint density at radius 3 is 1.40 bits per heavy atom. The SMILES string of the molecule is CC1(C)c2cc(-c3ccc4c(c3)-c3c(ccc5ccccc35)C4(C)C)ccc2-c2ccc(-c3c4ccccc4c(-c4cccc5ccccc45)c4ccccc34)cc21. The van der Waals surface area contributed by atoms with Crippen LogP contribution in [0.15, 0.2) is 182 Å². The lowest BCUT2D eigenvalue weighted by molar-refractivity contribution is 0.660. The first-order valence-electron chi connectivity index (χ1n) is 20.7. The van der Waals surface area contributed by atoms with Gasteiger partial charge in [-0.05, 0) is 139 Å². The van der Waals surface area contributed by atoms with E-state index in [0.717, 1.165) is 0 Å². The Morgan fingerprint density at radius 1 is 0.259 bits per heavy atom. The highest BCUT2D eigenvalue weighted by Crippen LogP contribution is 2.55. The summed E-state index contributed by atoms with van der Waals surface area (Å²) in [4.78, 5) is 0. The van der Waals surface area contributed by atoms with Crippen LogP contribution in [0.5, 0.6) is 0 Å². The lowest BCUT2D eigenvalue weighted by atomic mass is 9.79. The predicted octanol–water partition coefficient (Wildman–Crippen LogP) is 15.9. The van der Waals surface area contributed by atoms with Gasteiger partial charge in [0.1, 0.15) is 0 Å². The highest BCUT2D eigenvalue weighted by atomic mass is 14.4. The fourth-order valence-electron chi connectivity index (χ4n) is 10.9. The van der Waals surface area contributed by atoms with E-state index in [1.165, 1.54) is 121 Å². The van der Waals surface area contributed by atoms with Gasteiger partial charge in [0.25, 0.3) is 0 Å².